The normalized spacial score (nSPS) is 37.4. The van der Waals surface area contributed by atoms with Crippen molar-refractivity contribution in [1.82, 2.24) is 4.98 Å². The summed E-state index contributed by atoms with van der Waals surface area (Å²) in [5, 5.41) is 11.9. The molecule has 6 atom stereocenters. The molecule has 8 heteroatoms. The van der Waals surface area contributed by atoms with Gasteiger partial charge in [0.2, 0.25) is 0 Å². The second-order valence-corrected chi connectivity index (χ2v) is 13.6. The topological polar surface area (TPSA) is 110 Å². The molecular formula is C28H30N2O4S2. The molecular weight excluding hydrogens is 492 g/mol. The number of Topliss-reactive ketones (excluding diaryl/α,β-unsaturated/α-hetero) is 2. The van der Waals surface area contributed by atoms with Gasteiger partial charge in [0, 0.05) is 28.9 Å². The number of ketones is 3. The molecule has 0 spiro atoms. The number of nitrogens with zero attached hydrogens (tertiary/aromatic N) is 1. The van der Waals surface area contributed by atoms with E-state index in [9.17, 15) is 19.5 Å². The molecule has 1 aromatic carbocycles. The van der Waals surface area contributed by atoms with Crippen LogP contribution in [0.15, 0.2) is 46.3 Å². The highest BCUT2D eigenvalue weighted by Gasteiger charge is 2.68. The van der Waals surface area contributed by atoms with Gasteiger partial charge < -0.3 is 10.8 Å². The van der Waals surface area contributed by atoms with Crippen LogP contribution in [0.5, 0.6) is 0 Å². The monoisotopic (exact) mass is 522 g/mol. The van der Waals surface area contributed by atoms with Gasteiger partial charge in [0.15, 0.2) is 15.9 Å². The molecule has 6 nitrogen and oxygen atoms in total. The molecule has 3 N–H and O–H groups in total. The summed E-state index contributed by atoms with van der Waals surface area (Å²) in [6.07, 6.45) is 8.12. The predicted octanol–water partition coefficient (Wildman–Crippen LogP) is 4.76. The van der Waals surface area contributed by atoms with E-state index in [1.807, 2.05) is 31.2 Å². The smallest absolute Gasteiger partial charge is 0.178 e. The first-order valence-electron chi connectivity index (χ1n) is 12.6. The number of aromatic nitrogens is 1. The number of thiazole rings is 1. The number of thioether (sulfide) groups is 1. The van der Waals surface area contributed by atoms with Crippen molar-refractivity contribution in [2.24, 2.45) is 28.6 Å². The van der Waals surface area contributed by atoms with Crippen molar-refractivity contribution >= 4 is 56.4 Å². The van der Waals surface area contributed by atoms with Crippen LogP contribution < -0.4 is 5.73 Å². The average Bonchev–Trinajstić information content (AvgIpc) is 3.35. The minimum atomic E-state index is -1.53. The van der Waals surface area contributed by atoms with Crippen LogP contribution in [0.25, 0.3) is 10.2 Å². The van der Waals surface area contributed by atoms with Crippen LogP contribution in [-0.4, -0.2) is 38.8 Å². The Balaban J connectivity index is 1.24. The molecule has 3 saturated carbocycles. The van der Waals surface area contributed by atoms with Crippen molar-refractivity contribution in [3.8, 4) is 0 Å². The van der Waals surface area contributed by atoms with E-state index in [4.69, 9.17) is 5.73 Å². The van der Waals surface area contributed by atoms with Gasteiger partial charge >= 0.3 is 0 Å². The highest BCUT2D eigenvalue weighted by atomic mass is 32.2. The predicted molar refractivity (Wildman–Crippen MR) is 142 cm³/mol. The van der Waals surface area contributed by atoms with Crippen molar-refractivity contribution in [2.75, 3.05) is 11.5 Å². The summed E-state index contributed by atoms with van der Waals surface area (Å²) in [4.78, 5) is 43.9. The maximum atomic E-state index is 13.7. The van der Waals surface area contributed by atoms with Gasteiger partial charge in [-0.25, -0.2) is 4.98 Å². The average molecular weight is 523 g/mol. The fourth-order valence-electron chi connectivity index (χ4n) is 7.72. The molecule has 1 heterocycles. The van der Waals surface area contributed by atoms with Gasteiger partial charge in [-0.1, -0.05) is 37.3 Å². The van der Waals surface area contributed by atoms with E-state index in [-0.39, 0.29) is 47.3 Å². The van der Waals surface area contributed by atoms with Gasteiger partial charge in [-0.3, -0.25) is 14.4 Å². The van der Waals surface area contributed by atoms with Crippen LogP contribution in [0.2, 0.25) is 0 Å². The molecule has 4 aliphatic rings. The van der Waals surface area contributed by atoms with Crippen molar-refractivity contribution in [1.29, 1.82) is 0 Å². The summed E-state index contributed by atoms with van der Waals surface area (Å²) < 4.78 is 1.74. The Bertz CT molecular complexity index is 1380. The van der Waals surface area contributed by atoms with Gasteiger partial charge in [-0.2, -0.15) is 0 Å². The van der Waals surface area contributed by atoms with Crippen LogP contribution in [0.1, 0.15) is 46.0 Å². The fraction of sp³-hybridized carbons (Fsp3) is 0.500. The number of fused-ring (bicyclic) bond motifs is 6. The maximum Gasteiger partial charge on any atom is 0.178 e. The zero-order valence-corrected chi connectivity index (χ0v) is 22.1. The quantitative estimate of drug-likeness (QED) is 0.440. The molecule has 4 aliphatic carbocycles. The standard InChI is InChI=1S/C28H30N2O4S2/c1-26-9-7-17(31)11-15(26)3-5-18-19-8-10-28(34,27(19,2)13-21(32)24(18)26)23(33)14-35-25-30-20-6-4-16(29)12-22(20)36-25/h4,6-7,9,11-12,18-19,24,34H,3,5,8,10,13-14,29H2,1-2H3/t18?,19?,24?,26?,27?,28-/m0/s1. The number of anilines is 1. The lowest BCUT2D eigenvalue weighted by Gasteiger charge is -2.56. The molecule has 0 radical (unpaired) electrons. The van der Waals surface area contributed by atoms with E-state index in [1.165, 1.54) is 23.1 Å². The summed E-state index contributed by atoms with van der Waals surface area (Å²) in [6.45, 7) is 4.03. The number of nitrogens with two attached hydrogens (primary N) is 1. The zero-order valence-electron chi connectivity index (χ0n) is 20.5. The Morgan fingerprint density at radius 3 is 2.89 bits per heavy atom. The molecule has 36 heavy (non-hydrogen) atoms. The molecule has 0 aliphatic heterocycles. The van der Waals surface area contributed by atoms with Gasteiger partial charge in [-0.05, 0) is 67.9 Å². The van der Waals surface area contributed by atoms with Gasteiger partial charge in [0.25, 0.3) is 0 Å². The van der Waals surface area contributed by atoms with Gasteiger partial charge in [0.1, 0.15) is 11.4 Å². The molecule has 1 aromatic heterocycles. The lowest BCUT2D eigenvalue weighted by Crippen LogP contribution is -2.60. The first kappa shape index (κ1) is 24.1. The summed E-state index contributed by atoms with van der Waals surface area (Å²) >= 11 is 2.84. The van der Waals surface area contributed by atoms with Crippen LogP contribution in [0.4, 0.5) is 5.69 Å². The number of aliphatic hydroxyl groups is 1. The lowest BCUT2D eigenvalue weighted by atomic mass is 9.46. The molecule has 3 fully saturated rings. The van der Waals surface area contributed by atoms with E-state index < -0.39 is 16.4 Å². The molecule has 5 unspecified atom stereocenters. The summed E-state index contributed by atoms with van der Waals surface area (Å²) in [7, 11) is 0. The summed E-state index contributed by atoms with van der Waals surface area (Å²) in [5.41, 5.74) is 5.68. The van der Waals surface area contributed by atoms with Gasteiger partial charge in [-0.15, -0.1) is 11.3 Å². The number of nitrogen functional groups attached to an aromatic ring is 1. The number of rotatable bonds is 4. The van der Waals surface area contributed by atoms with Crippen LogP contribution in [0, 0.1) is 28.6 Å². The Hall–Kier alpha value is -2.29. The van der Waals surface area contributed by atoms with E-state index in [1.54, 1.807) is 12.2 Å². The number of carbonyl (C=O) groups is 3. The molecule has 188 valence electrons. The third-order valence-corrected chi connectivity index (χ3v) is 11.8. The molecule has 6 rings (SSSR count). The van der Waals surface area contributed by atoms with E-state index >= 15 is 0 Å². The number of carbonyl (C=O) groups excluding carboxylic acids is 3. The number of allylic oxidation sites excluding steroid dienone is 4. The third-order valence-electron chi connectivity index (χ3n) is 9.59. The number of hydrogen-bond acceptors (Lipinski definition) is 8. The fourth-order valence-corrected chi connectivity index (χ4v) is 9.80. The maximum absolute atomic E-state index is 13.7. The lowest BCUT2D eigenvalue weighted by molar-refractivity contribution is -0.165. The Morgan fingerprint density at radius 2 is 2.08 bits per heavy atom. The highest BCUT2D eigenvalue weighted by Crippen LogP contribution is 2.66. The minimum absolute atomic E-state index is 0.0102. The van der Waals surface area contributed by atoms with Gasteiger partial charge in [0.05, 0.1) is 16.0 Å². The summed E-state index contributed by atoms with van der Waals surface area (Å²) in [6, 6.07) is 5.56. The van der Waals surface area contributed by atoms with Crippen molar-refractivity contribution < 1.29 is 19.5 Å². The van der Waals surface area contributed by atoms with Crippen molar-refractivity contribution in [3.05, 3.63) is 42.0 Å². The molecule has 2 aromatic rings. The Labute approximate surface area is 218 Å². The Kier molecular flexibility index (Phi) is 5.42. The highest BCUT2D eigenvalue weighted by molar-refractivity contribution is 8.01. The zero-order chi connectivity index (χ0) is 25.5. The number of hydrogen-bond donors (Lipinski definition) is 2. The largest absolute Gasteiger partial charge is 0.399 e. The van der Waals surface area contributed by atoms with E-state index in [0.29, 0.717) is 12.1 Å². The second-order valence-electron chi connectivity index (χ2n) is 11.4. The van der Waals surface area contributed by atoms with E-state index in [0.717, 1.165) is 39.4 Å². The van der Waals surface area contributed by atoms with Crippen LogP contribution in [0.3, 0.4) is 0 Å². The Morgan fingerprint density at radius 1 is 1.28 bits per heavy atom. The number of benzene rings is 1. The molecule has 0 saturated heterocycles. The van der Waals surface area contributed by atoms with Crippen LogP contribution >= 0.6 is 23.1 Å². The van der Waals surface area contributed by atoms with Crippen LogP contribution in [-0.2, 0) is 14.4 Å². The molecule has 0 amide bonds. The minimum Gasteiger partial charge on any atom is -0.399 e. The first-order chi connectivity index (χ1) is 17.0. The molecule has 0 bridgehead atoms. The van der Waals surface area contributed by atoms with E-state index in [2.05, 4.69) is 11.9 Å². The first-order valence-corrected chi connectivity index (χ1v) is 14.4. The SMILES string of the molecule is CC12C=CC(=O)C=C1CCC1C2C(=O)CC2(C)C1CC[C@]2(O)C(=O)CSc1nc2ccc(N)cc2s1. The third kappa shape index (κ3) is 3.33. The van der Waals surface area contributed by atoms with Crippen molar-refractivity contribution in [3.63, 3.8) is 0 Å². The summed E-state index contributed by atoms with van der Waals surface area (Å²) in [5.74, 6) is -0.0183. The second kappa shape index (κ2) is 8.10. The van der Waals surface area contributed by atoms with Crippen molar-refractivity contribution in [2.45, 2.75) is 55.9 Å².